The van der Waals surface area contributed by atoms with Gasteiger partial charge in [0.1, 0.15) is 66.5 Å². The molecule has 4 rings (SSSR count). The van der Waals surface area contributed by atoms with Crippen molar-refractivity contribution in [3.05, 3.63) is 108 Å². The fourth-order valence-electron chi connectivity index (χ4n) is 10.5. The van der Waals surface area contributed by atoms with Crippen LogP contribution in [0.2, 0.25) is 0 Å². The largest absolute Gasteiger partial charge is 0.480 e. The van der Waals surface area contributed by atoms with Crippen molar-refractivity contribution in [1.29, 1.82) is 0 Å². The van der Waals surface area contributed by atoms with E-state index >= 15 is 9.59 Å². The Hall–Kier alpha value is -8.88. The molecule has 103 heavy (non-hydrogen) atoms. The number of carbonyl (C=O) groups is 13. The number of benzene rings is 3. The van der Waals surface area contributed by atoms with Gasteiger partial charge in [0, 0.05) is 47.9 Å². The van der Waals surface area contributed by atoms with Crippen LogP contribution in [0.25, 0.3) is 10.9 Å². The zero-order valence-corrected chi connectivity index (χ0v) is 60.1. The maximum Gasteiger partial charge on any atom is 0.327 e. The molecule has 0 spiro atoms. The minimum atomic E-state index is -1.85. The first-order valence-electron chi connectivity index (χ1n) is 33.4. The molecule has 33 nitrogen and oxygen atoms in total. The number of nitrogens with one attached hydrogen (secondary N) is 12. The van der Waals surface area contributed by atoms with Crippen LogP contribution in [0.15, 0.2) is 91.1 Å². The first-order valence-corrected chi connectivity index (χ1v) is 36.1. The van der Waals surface area contributed by atoms with Crippen molar-refractivity contribution in [2.45, 2.75) is 169 Å². The Morgan fingerprint density at radius 1 is 0.466 bits per heavy atom. The van der Waals surface area contributed by atoms with Crippen LogP contribution in [-0.4, -0.2) is 230 Å². The van der Waals surface area contributed by atoms with Gasteiger partial charge in [-0.15, -0.1) is 0 Å². The Bertz CT molecular complexity index is 3470. The molecule has 566 valence electrons. The summed E-state index contributed by atoms with van der Waals surface area (Å²) in [4.78, 5) is 183. The van der Waals surface area contributed by atoms with E-state index in [1.807, 2.05) is 0 Å². The third-order valence-corrected chi connectivity index (χ3v) is 17.7. The van der Waals surface area contributed by atoms with Gasteiger partial charge >= 0.3 is 5.97 Å². The summed E-state index contributed by atoms with van der Waals surface area (Å²) in [7, 11) is 0. The lowest BCUT2D eigenvalue weighted by atomic mass is 10.00. The number of rotatable bonds is 47. The van der Waals surface area contributed by atoms with Crippen molar-refractivity contribution in [3.8, 4) is 0 Å². The number of para-hydroxylation sites is 1. The number of carbonyl (C=O) groups excluding carboxylic acids is 12. The van der Waals surface area contributed by atoms with Crippen LogP contribution >= 0.6 is 37.0 Å². The minimum Gasteiger partial charge on any atom is -0.480 e. The van der Waals surface area contributed by atoms with Gasteiger partial charge in [-0.2, -0.15) is 37.0 Å². The van der Waals surface area contributed by atoms with Gasteiger partial charge in [-0.1, -0.05) is 78.9 Å². The quantitative estimate of drug-likeness (QED) is 0.0146. The zero-order chi connectivity index (χ0) is 76.3. The van der Waals surface area contributed by atoms with E-state index in [0.29, 0.717) is 46.9 Å². The van der Waals surface area contributed by atoms with Gasteiger partial charge in [0.25, 0.3) is 0 Å². The molecule has 14 atom stereocenters. The summed E-state index contributed by atoms with van der Waals surface area (Å²) in [6, 6.07) is 5.10. The monoisotopic (exact) mass is 1490 g/mol. The number of hydrogen-bond donors (Lipinski definition) is 22. The van der Waals surface area contributed by atoms with E-state index in [9.17, 15) is 73.2 Å². The van der Waals surface area contributed by atoms with Crippen LogP contribution in [0.3, 0.4) is 0 Å². The lowest BCUT2D eigenvalue weighted by molar-refractivity contribution is -0.142. The number of aliphatic hydroxyl groups excluding tert-OH is 3. The summed E-state index contributed by atoms with van der Waals surface area (Å²) in [5, 5.41) is 69.2. The standard InChI is InChI=1S/C67H98N16O17S3/c1-36(85)54(65(97)75-46(24-27-103-3)59(91)83-55(37(2)86)66(98)80-51(33-84)64(96)81-52(35-102)67(99)100)82-58(90)45(23-13-15-26-69)74-62(94)49(30-40-32-72-43-21-11-10-20-41(40)43)78-61(93)48(29-39-18-8-5-9-19-39)76-60(92)47(28-38-16-6-4-7-17-38)77-63(95)50(31-53(71)87)79-57(89)44(22-12-14-25-68)73-56(88)42(70)34-101/h4-11,16-21,32,36-37,42,44-52,54-55,72,84-86,101-102H,12-15,22-31,33-35,68-70H2,1-3H3,(H2,71,87)(H,73,88)(H,74,94)(H,75,97)(H,76,92)(H,77,95)(H,78,93)(H,79,89)(H,80,98)(H,81,96)(H,82,90)(H,83,91)(H,99,100)/t36-,37-,42+,44+,45+,46+,47+,48+,49+,50+,51+,52+,54+,55+/m1/s1. The number of carboxylic acids is 1. The van der Waals surface area contributed by atoms with E-state index in [1.54, 1.807) is 97.4 Å². The number of aliphatic hydroxyl groups is 3. The molecule has 24 N–H and O–H groups in total. The average Bonchev–Trinajstić information content (AvgIpc) is 1.78. The Labute approximate surface area is 611 Å². The van der Waals surface area contributed by atoms with Crippen molar-refractivity contribution < 1.29 is 82.8 Å². The molecule has 0 saturated heterocycles. The number of aromatic nitrogens is 1. The van der Waals surface area contributed by atoms with Crippen LogP contribution in [0, 0.1) is 0 Å². The van der Waals surface area contributed by atoms with E-state index in [4.69, 9.17) is 22.9 Å². The van der Waals surface area contributed by atoms with Crippen LogP contribution < -0.4 is 81.4 Å². The number of H-pyrrole nitrogens is 1. The number of thiol groups is 2. The second-order valence-corrected chi connectivity index (χ2v) is 26.2. The van der Waals surface area contributed by atoms with Crippen molar-refractivity contribution in [3.63, 3.8) is 0 Å². The van der Waals surface area contributed by atoms with Gasteiger partial charge in [-0.25, -0.2) is 4.79 Å². The van der Waals surface area contributed by atoms with E-state index in [1.165, 1.54) is 11.8 Å². The second-order valence-electron chi connectivity index (χ2n) is 24.5. The Morgan fingerprint density at radius 3 is 1.28 bits per heavy atom. The number of primary amides is 1. The molecular weight excluding hydrogens is 1400 g/mol. The summed E-state index contributed by atoms with van der Waals surface area (Å²) in [5.74, 6) is -13.7. The van der Waals surface area contributed by atoms with Gasteiger partial charge < -0.3 is 107 Å². The van der Waals surface area contributed by atoms with Gasteiger partial charge in [0.05, 0.1) is 31.3 Å². The molecule has 12 amide bonds. The number of nitrogens with two attached hydrogens (primary N) is 4. The van der Waals surface area contributed by atoms with E-state index in [-0.39, 0.29) is 75.3 Å². The minimum absolute atomic E-state index is 0.0520. The summed E-state index contributed by atoms with van der Waals surface area (Å²) in [5.41, 5.74) is 25.3. The topological polar surface area (TPSA) is 555 Å². The molecule has 36 heteroatoms. The molecule has 0 fully saturated rings. The summed E-state index contributed by atoms with van der Waals surface area (Å²) < 4.78 is 0. The number of unbranched alkanes of at least 4 members (excludes halogenated alkanes) is 2. The molecule has 4 aromatic rings. The summed E-state index contributed by atoms with van der Waals surface area (Å²) in [6.45, 7) is 1.65. The maximum absolute atomic E-state index is 15.2. The number of aromatic amines is 1. The predicted molar refractivity (Wildman–Crippen MR) is 390 cm³/mol. The SMILES string of the molecule is CSCC[C@H](NC(=O)[C@@H](NC(=O)[C@H](CCCCN)NC(=O)[C@H](Cc1c[nH]c2ccccc12)NC(=O)[C@H](Cc1ccccc1)NC(=O)[C@H](Cc1ccccc1)NC(=O)[C@H](CC(N)=O)NC(=O)[C@H](CCCCN)NC(=O)[C@@H](N)CS)[C@@H](C)O)C(=O)N[C@H](C(=O)N[C@@H](CO)C(=O)N[C@@H](CS)C(=O)O)[C@@H](C)O. The summed E-state index contributed by atoms with van der Waals surface area (Å²) >= 11 is 9.20. The normalized spacial score (nSPS) is 15.3. The number of fused-ring (bicyclic) bond motifs is 1. The molecule has 0 radical (unpaired) electrons. The molecule has 0 aliphatic carbocycles. The number of aliphatic carboxylic acids is 1. The lowest BCUT2D eigenvalue weighted by Gasteiger charge is -2.29. The molecular formula is C67H98N16O17S3. The van der Waals surface area contributed by atoms with Crippen LogP contribution in [0.4, 0.5) is 0 Å². The smallest absolute Gasteiger partial charge is 0.327 e. The first-order chi connectivity index (χ1) is 49.1. The molecule has 0 saturated carbocycles. The van der Waals surface area contributed by atoms with Gasteiger partial charge in [-0.3, -0.25) is 57.5 Å². The van der Waals surface area contributed by atoms with Crippen molar-refractivity contribution in [2.24, 2.45) is 22.9 Å². The van der Waals surface area contributed by atoms with Crippen LogP contribution in [0.1, 0.15) is 81.9 Å². The average molecular weight is 1500 g/mol. The molecule has 1 heterocycles. The highest BCUT2D eigenvalue weighted by molar-refractivity contribution is 7.98. The fourth-order valence-corrected chi connectivity index (χ4v) is 11.4. The number of thioether (sulfide) groups is 1. The van der Waals surface area contributed by atoms with Crippen molar-refractivity contribution in [2.75, 3.05) is 43.2 Å². The van der Waals surface area contributed by atoms with E-state index in [0.717, 1.165) is 13.8 Å². The van der Waals surface area contributed by atoms with Crippen molar-refractivity contribution >= 4 is 125 Å². The van der Waals surface area contributed by atoms with Crippen LogP contribution in [0.5, 0.6) is 0 Å². The highest BCUT2D eigenvalue weighted by Crippen LogP contribution is 2.21. The van der Waals surface area contributed by atoms with Gasteiger partial charge in [0.2, 0.25) is 70.9 Å². The Kier molecular flexibility index (Phi) is 38.0. The molecule has 3 aromatic carbocycles. The van der Waals surface area contributed by atoms with Gasteiger partial charge in [-0.05, 0) is 107 Å². The zero-order valence-electron chi connectivity index (χ0n) is 57.5. The maximum atomic E-state index is 15.2. The Morgan fingerprint density at radius 2 is 0.845 bits per heavy atom. The molecule has 0 aliphatic heterocycles. The third kappa shape index (κ3) is 29.1. The summed E-state index contributed by atoms with van der Waals surface area (Å²) in [6.07, 6.45) is -0.378. The van der Waals surface area contributed by atoms with E-state index < -0.39 is 175 Å². The first kappa shape index (κ1) is 86.5. The fraction of sp³-hybridized carbons (Fsp3) is 0.507. The second kappa shape index (κ2) is 45.3. The number of hydrogen-bond acceptors (Lipinski definition) is 22. The highest BCUT2D eigenvalue weighted by Gasteiger charge is 2.39. The van der Waals surface area contributed by atoms with Gasteiger partial charge in [0.15, 0.2) is 0 Å². The van der Waals surface area contributed by atoms with Crippen LogP contribution in [-0.2, 0) is 81.6 Å². The van der Waals surface area contributed by atoms with Crippen molar-refractivity contribution in [1.82, 2.24) is 63.5 Å². The number of amides is 12. The molecule has 0 unspecified atom stereocenters. The molecule has 0 bridgehead atoms. The Balaban J connectivity index is 1.70. The van der Waals surface area contributed by atoms with E-state index in [2.05, 4.69) is 88.7 Å². The lowest BCUT2D eigenvalue weighted by Crippen LogP contribution is -2.63. The predicted octanol–water partition coefficient (Wildman–Crippen LogP) is -4.56. The molecule has 0 aliphatic rings. The third-order valence-electron chi connectivity index (χ3n) is 16.3. The highest BCUT2D eigenvalue weighted by atomic mass is 32.2. The number of carboxylic acid groups (broad SMARTS) is 1. The molecule has 1 aromatic heterocycles.